The molecule has 1 atom stereocenters. The zero-order valence-corrected chi connectivity index (χ0v) is 9.75. The first-order chi connectivity index (χ1) is 7.63. The third kappa shape index (κ3) is 3.86. The van der Waals surface area contributed by atoms with Gasteiger partial charge < -0.3 is 15.7 Å². The lowest BCUT2D eigenvalue weighted by Crippen LogP contribution is -2.42. The molecule has 86 valence electrons. The van der Waals surface area contributed by atoms with E-state index in [4.69, 9.17) is 17.3 Å². The van der Waals surface area contributed by atoms with Gasteiger partial charge in [0.15, 0.2) is 5.11 Å². The fraction of sp³-hybridized carbons (Fsp3) is 0.273. The molecule has 0 aromatic heterocycles. The summed E-state index contributed by atoms with van der Waals surface area (Å²) in [5, 5.41) is 14.8. The van der Waals surface area contributed by atoms with Gasteiger partial charge in [-0.05, 0) is 30.8 Å². The van der Waals surface area contributed by atoms with E-state index in [1.54, 1.807) is 6.92 Å². The van der Waals surface area contributed by atoms with Gasteiger partial charge in [0.2, 0.25) is 0 Å². The molecule has 5 heteroatoms. The standard InChI is InChI=1S/C11H14N2O2S/c1-2-9(10(14)15)13-11(16)12-8-6-4-3-5-7-8/h3-7,9H,2H2,1H3,(H,14,15)(H2,12,13,16)/t9-/m0/s1. The predicted octanol–water partition coefficient (Wildman–Crippen LogP) is 1.84. The van der Waals surface area contributed by atoms with E-state index in [0.29, 0.717) is 11.5 Å². The van der Waals surface area contributed by atoms with E-state index in [2.05, 4.69) is 10.6 Å². The predicted molar refractivity (Wildman–Crippen MR) is 67.5 cm³/mol. The average Bonchev–Trinajstić information content (AvgIpc) is 2.27. The molecular formula is C11H14N2O2S. The SMILES string of the molecule is CC[C@H](NC(=S)Nc1ccccc1)C(=O)O. The van der Waals surface area contributed by atoms with Gasteiger partial charge in [-0.15, -0.1) is 0 Å². The lowest BCUT2D eigenvalue weighted by molar-refractivity contribution is -0.139. The summed E-state index contributed by atoms with van der Waals surface area (Å²) in [6.07, 6.45) is 0.478. The Balaban J connectivity index is 2.50. The van der Waals surface area contributed by atoms with Crippen molar-refractivity contribution in [1.29, 1.82) is 0 Å². The van der Waals surface area contributed by atoms with Crippen molar-refractivity contribution >= 4 is 29.0 Å². The quantitative estimate of drug-likeness (QED) is 0.699. The summed E-state index contributed by atoms with van der Waals surface area (Å²) in [5.74, 6) is -0.903. The van der Waals surface area contributed by atoms with Gasteiger partial charge in [0.05, 0.1) is 0 Å². The van der Waals surface area contributed by atoms with Crippen molar-refractivity contribution in [3.8, 4) is 0 Å². The summed E-state index contributed by atoms with van der Waals surface area (Å²) < 4.78 is 0. The Morgan fingerprint density at radius 3 is 2.56 bits per heavy atom. The van der Waals surface area contributed by atoms with Crippen LogP contribution in [-0.2, 0) is 4.79 Å². The van der Waals surface area contributed by atoms with Crippen molar-refractivity contribution in [2.45, 2.75) is 19.4 Å². The number of nitrogens with one attached hydrogen (secondary N) is 2. The molecule has 1 aromatic carbocycles. The third-order valence-corrected chi connectivity index (χ3v) is 2.26. The van der Waals surface area contributed by atoms with E-state index < -0.39 is 12.0 Å². The summed E-state index contributed by atoms with van der Waals surface area (Å²) >= 11 is 5.01. The van der Waals surface area contributed by atoms with Crippen LogP contribution in [0.4, 0.5) is 5.69 Å². The van der Waals surface area contributed by atoms with E-state index in [1.807, 2.05) is 30.3 Å². The molecule has 3 N–H and O–H groups in total. The maximum Gasteiger partial charge on any atom is 0.326 e. The molecule has 1 rings (SSSR count). The van der Waals surface area contributed by atoms with Crippen molar-refractivity contribution in [2.24, 2.45) is 0 Å². The van der Waals surface area contributed by atoms with Gasteiger partial charge in [0.25, 0.3) is 0 Å². The molecule has 0 heterocycles. The number of carboxylic acids is 1. The van der Waals surface area contributed by atoms with Crippen molar-refractivity contribution in [1.82, 2.24) is 5.32 Å². The maximum atomic E-state index is 10.8. The summed E-state index contributed by atoms with van der Waals surface area (Å²) in [6.45, 7) is 1.79. The van der Waals surface area contributed by atoms with Crippen molar-refractivity contribution < 1.29 is 9.90 Å². The second-order valence-electron chi connectivity index (χ2n) is 3.26. The lowest BCUT2D eigenvalue weighted by Gasteiger charge is -2.15. The highest BCUT2D eigenvalue weighted by atomic mass is 32.1. The topological polar surface area (TPSA) is 61.4 Å². The number of hydrogen-bond donors (Lipinski definition) is 3. The van der Waals surface area contributed by atoms with E-state index >= 15 is 0 Å². The molecule has 0 amide bonds. The lowest BCUT2D eigenvalue weighted by atomic mass is 10.2. The smallest absolute Gasteiger partial charge is 0.326 e. The molecule has 0 spiro atoms. The van der Waals surface area contributed by atoms with Crippen LogP contribution in [0.1, 0.15) is 13.3 Å². The minimum absolute atomic E-state index is 0.320. The molecule has 0 fully saturated rings. The molecule has 16 heavy (non-hydrogen) atoms. The monoisotopic (exact) mass is 238 g/mol. The Labute approximate surface area is 99.7 Å². The number of aliphatic carboxylic acids is 1. The number of carboxylic acid groups (broad SMARTS) is 1. The van der Waals surface area contributed by atoms with Gasteiger partial charge in [-0.25, -0.2) is 4.79 Å². The zero-order valence-electron chi connectivity index (χ0n) is 8.93. The van der Waals surface area contributed by atoms with E-state index in [9.17, 15) is 4.79 Å². The van der Waals surface area contributed by atoms with E-state index in [-0.39, 0.29) is 0 Å². The van der Waals surface area contributed by atoms with Crippen molar-refractivity contribution in [2.75, 3.05) is 5.32 Å². The van der Waals surface area contributed by atoms with Crippen LogP contribution in [0, 0.1) is 0 Å². The van der Waals surface area contributed by atoms with Gasteiger partial charge in [0.1, 0.15) is 6.04 Å². The molecule has 4 nitrogen and oxygen atoms in total. The van der Waals surface area contributed by atoms with Gasteiger partial charge >= 0.3 is 5.97 Å². The number of anilines is 1. The Hall–Kier alpha value is -1.62. The van der Waals surface area contributed by atoms with Crippen molar-refractivity contribution in [3.63, 3.8) is 0 Å². The number of para-hydroxylation sites is 1. The first kappa shape index (κ1) is 12.4. The molecule has 0 bridgehead atoms. The van der Waals surface area contributed by atoms with Crippen molar-refractivity contribution in [3.05, 3.63) is 30.3 Å². The van der Waals surface area contributed by atoms with Crippen LogP contribution in [0.25, 0.3) is 0 Å². The molecule has 0 aliphatic heterocycles. The highest BCUT2D eigenvalue weighted by Crippen LogP contribution is 2.04. The number of hydrogen-bond acceptors (Lipinski definition) is 2. The fourth-order valence-electron chi connectivity index (χ4n) is 1.19. The van der Waals surface area contributed by atoms with E-state index in [0.717, 1.165) is 5.69 Å². The van der Waals surface area contributed by atoms with Crippen LogP contribution in [0.5, 0.6) is 0 Å². The summed E-state index contributed by atoms with van der Waals surface area (Å²) in [5.41, 5.74) is 0.834. The molecule has 1 aromatic rings. The minimum Gasteiger partial charge on any atom is -0.480 e. The molecular weight excluding hydrogens is 224 g/mol. The Morgan fingerprint density at radius 2 is 2.06 bits per heavy atom. The highest BCUT2D eigenvalue weighted by Gasteiger charge is 2.15. The highest BCUT2D eigenvalue weighted by molar-refractivity contribution is 7.80. The van der Waals surface area contributed by atoms with Crippen LogP contribution >= 0.6 is 12.2 Å². The van der Waals surface area contributed by atoms with Gasteiger partial charge in [-0.3, -0.25) is 0 Å². The van der Waals surface area contributed by atoms with Crippen LogP contribution in [0.2, 0.25) is 0 Å². The number of benzene rings is 1. The third-order valence-electron chi connectivity index (χ3n) is 2.04. The summed E-state index contributed by atoms with van der Waals surface area (Å²) in [4.78, 5) is 10.8. The van der Waals surface area contributed by atoms with Gasteiger partial charge in [-0.1, -0.05) is 25.1 Å². The Bertz CT molecular complexity index is 368. The summed E-state index contributed by atoms with van der Waals surface area (Å²) in [6, 6.07) is 8.71. The molecule has 0 saturated carbocycles. The number of thiocarbonyl (C=S) groups is 1. The van der Waals surface area contributed by atoms with E-state index in [1.165, 1.54) is 0 Å². The van der Waals surface area contributed by atoms with Gasteiger partial charge in [-0.2, -0.15) is 0 Å². The zero-order chi connectivity index (χ0) is 12.0. The molecule has 0 saturated heterocycles. The number of carbonyl (C=O) groups is 1. The molecule has 0 radical (unpaired) electrons. The maximum absolute atomic E-state index is 10.8. The van der Waals surface area contributed by atoms with Crippen LogP contribution in [-0.4, -0.2) is 22.2 Å². The first-order valence-electron chi connectivity index (χ1n) is 4.99. The van der Waals surface area contributed by atoms with Crippen LogP contribution in [0.15, 0.2) is 30.3 Å². The Kier molecular flexibility index (Phi) is 4.72. The number of rotatable bonds is 4. The molecule has 0 aliphatic rings. The van der Waals surface area contributed by atoms with Crippen LogP contribution in [0.3, 0.4) is 0 Å². The first-order valence-corrected chi connectivity index (χ1v) is 5.39. The Morgan fingerprint density at radius 1 is 1.44 bits per heavy atom. The van der Waals surface area contributed by atoms with Gasteiger partial charge in [0, 0.05) is 5.69 Å². The molecule has 0 unspecified atom stereocenters. The minimum atomic E-state index is -0.903. The fourth-order valence-corrected chi connectivity index (χ4v) is 1.45. The normalized spacial score (nSPS) is 11.6. The molecule has 0 aliphatic carbocycles. The summed E-state index contributed by atoms with van der Waals surface area (Å²) in [7, 11) is 0. The second-order valence-corrected chi connectivity index (χ2v) is 3.67. The largest absolute Gasteiger partial charge is 0.480 e. The second kappa shape index (κ2) is 6.07. The van der Waals surface area contributed by atoms with Crippen LogP contribution < -0.4 is 10.6 Å². The average molecular weight is 238 g/mol.